The molecule has 2 aromatic rings. The standard InChI is InChI=1S/C19H22N2O5S/c1-25-16-9-6-10-17(26-2)18(16)19(22)20-14-7-5-8-15(13-14)27(23,24)21-11-3-4-12-21/h5-10,13H,3-4,11-12H2,1-2H3,(H,20,22). The Morgan fingerprint density at radius 3 is 2.19 bits per heavy atom. The summed E-state index contributed by atoms with van der Waals surface area (Å²) < 4.78 is 37.4. The Morgan fingerprint density at radius 2 is 1.59 bits per heavy atom. The van der Waals surface area contributed by atoms with E-state index in [2.05, 4.69) is 5.32 Å². The van der Waals surface area contributed by atoms with Gasteiger partial charge in [-0.25, -0.2) is 8.42 Å². The van der Waals surface area contributed by atoms with Gasteiger partial charge in [-0.15, -0.1) is 0 Å². The number of nitrogens with one attached hydrogen (secondary N) is 1. The van der Waals surface area contributed by atoms with Crippen LogP contribution in [-0.4, -0.2) is 45.9 Å². The van der Waals surface area contributed by atoms with Gasteiger partial charge in [-0.1, -0.05) is 12.1 Å². The molecular weight excluding hydrogens is 368 g/mol. The third kappa shape index (κ3) is 3.91. The van der Waals surface area contributed by atoms with Crippen molar-refractivity contribution in [2.24, 2.45) is 0 Å². The molecule has 144 valence electrons. The van der Waals surface area contributed by atoms with E-state index in [0.717, 1.165) is 12.8 Å². The first kappa shape index (κ1) is 19.2. The minimum absolute atomic E-state index is 0.161. The Kier molecular flexibility index (Phi) is 5.67. The van der Waals surface area contributed by atoms with Gasteiger partial charge in [-0.05, 0) is 43.2 Å². The summed E-state index contributed by atoms with van der Waals surface area (Å²) in [4.78, 5) is 12.9. The monoisotopic (exact) mass is 390 g/mol. The van der Waals surface area contributed by atoms with Crippen molar-refractivity contribution in [3.63, 3.8) is 0 Å². The Morgan fingerprint density at radius 1 is 1.00 bits per heavy atom. The molecule has 1 fully saturated rings. The second kappa shape index (κ2) is 7.98. The van der Waals surface area contributed by atoms with E-state index in [4.69, 9.17) is 9.47 Å². The Labute approximate surface area is 158 Å². The van der Waals surface area contributed by atoms with E-state index < -0.39 is 15.9 Å². The molecule has 0 saturated carbocycles. The number of benzene rings is 2. The third-order valence-corrected chi connectivity index (χ3v) is 6.34. The first-order valence-corrected chi connectivity index (χ1v) is 10.0. The number of rotatable bonds is 6. The van der Waals surface area contributed by atoms with Crippen LogP contribution in [0.2, 0.25) is 0 Å². The predicted molar refractivity (Wildman–Crippen MR) is 102 cm³/mol. The maximum absolute atomic E-state index is 12.8. The molecule has 1 aliphatic rings. The molecule has 1 N–H and O–H groups in total. The number of sulfonamides is 1. The molecule has 0 spiro atoms. The normalized spacial score (nSPS) is 14.7. The number of anilines is 1. The van der Waals surface area contributed by atoms with Gasteiger partial charge in [0.2, 0.25) is 10.0 Å². The number of carbonyl (C=O) groups excluding carboxylic acids is 1. The van der Waals surface area contributed by atoms with Crippen molar-refractivity contribution in [3.8, 4) is 11.5 Å². The van der Waals surface area contributed by atoms with Crippen molar-refractivity contribution in [2.75, 3.05) is 32.6 Å². The lowest BCUT2D eigenvalue weighted by atomic mass is 10.1. The van der Waals surface area contributed by atoms with Crippen LogP contribution in [0.5, 0.6) is 11.5 Å². The molecule has 7 nitrogen and oxygen atoms in total. The zero-order chi connectivity index (χ0) is 19.4. The van der Waals surface area contributed by atoms with Gasteiger partial charge in [-0.3, -0.25) is 4.79 Å². The molecule has 2 aromatic carbocycles. The van der Waals surface area contributed by atoms with Gasteiger partial charge in [0.15, 0.2) is 0 Å². The summed E-state index contributed by atoms with van der Waals surface area (Å²) in [7, 11) is -0.621. The molecule has 0 aliphatic carbocycles. The molecule has 0 bridgehead atoms. The molecule has 8 heteroatoms. The first-order valence-electron chi connectivity index (χ1n) is 8.60. The quantitative estimate of drug-likeness (QED) is 0.820. The summed E-state index contributed by atoms with van der Waals surface area (Å²) in [5.41, 5.74) is 0.628. The number of amides is 1. The predicted octanol–water partition coefficient (Wildman–Crippen LogP) is 2.74. The van der Waals surface area contributed by atoms with E-state index in [0.29, 0.717) is 30.3 Å². The van der Waals surface area contributed by atoms with E-state index >= 15 is 0 Å². The average molecular weight is 390 g/mol. The van der Waals surface area contributed by atoms with Crippen molar-refractivity contribution < 1.29 is 22.7 Å². The van der Waals surface area contributed by atoms with E-state index in [1.807, 2.05) is 0 Å². The summed E-state index contributed by atoms with van der Waals surface area (Å²) in [5.74, 6) is 0.292. The highest BCUT2D eigenvalue weighted by atomic mass is 32.2. The highest BCUT2D eigenvalue weighted by Crippen LogP contribution is 2.29. The van der Waals surface area contributed by atoms with E-state index in [-0.39, 0.29) is 10.5 Å². The van der Waals surface area contributed by atoms with Gasteiger partial charge in [0.25, 0.3) is 5.91 Å². The Bertz CT molecular complexity index is 915. The Balaban J connectivity index is 1.88. The van der Waals surface area contributed by atoms with Crippen LogP contribution in [-0.2, 0) is 10.0 Å². The van der Waals surface area contributed by atoms with Gasteiger partial charge in [0, 0.05) is 18.8 Å². The largest absolute Gasteiger partial charge is 0.496 e. The van der Waals surface area contributed by atoms with Crippen molar-refractivity contribution >= 4 is 21.6 Å². The summed E-state index contributed by atoms with van der Waals surface area (Å²) in [6, 6.07) is 11.3. The minimum atomic E-state index is -3.55. The second-order valence-electron chi connectivity index (χ2n) is 6.13. The number of hydrogen-bond acceptors (Lipinski definition) is 5. The summed E-state index contributed by atoms with van der Waals surface area (Å²) >= 11 is 0. The fourth-order valence-corrected chi connectivity index (χ4v) is 4.64. The van der Waals surface area contributed by atoms with E-state index in [1.165, 1.54) is 30.7 Å². The minimum Gasteiger partial charge on any atom is -0.496 e. The fraction of sp³-hybridized carbons (Fsp3) is 0.316. The van der Waals surface area contributed by atoms with Gasteiger partial charge >= 0.3 is 0 Å². The molecule has 0 aromatic heterocycles. The summed E-state index contributed by atoms with van der Waals surface area (Å²) in [5, 5.41) is 2.73. The van der Waals surface area contributed by atoms with Crippen LogP contribution in [0.3, 0.4) is 0 Å². The lowest BCUT2D eigenvalue weighted by molar-refractivity contribution is 0.102. The lowest BCUT2D eigenvalue weighted by Crippen LogP contribution is -2.28. The number of nitrogens with zero attached hydrogens (tertiary/aromatic N) is 1. The summed E-state index contributed by atoms with van der Waals surface area (Å²) in [6.45, 7) is 1.05. The molecule has 1 heterocycles. The smallest absolute Gasteiger partial charge is 0.263 e. The van der Waals surface area contributed by atoms with Crippen LogP contribution in [0, 0.1) is 0 Å². The molecule has 0 unspecified atom stereocenters. The molecule has 3 rings (SSSR count). The zero-order valence-electron chi connectivity index (χ0n) is 15.3. The SMILES string of the molecule is COc1cccc(OC)c1C(=O)Nc1cccc(S(=O)(=O)N2CCCC2)c1. The van der Waals surface area contributed by atoms with Crippen LogP contribution in [0.25, 0.3) is 0 Å². The molecular formula is C19H22N2O5S. The molecule has 27 heavy (non-hydrogen) atoms. The average Bonchev–Trinajstić information content (AvgIpc) is 3.23. The van der Waals surface area contributed by atoms with Crippen LogP contribution in [0.15, 0.2) is 47.4 Å². The highest BCUT2D eigenvalue weighted by Gasteiger charge is 2.27. The molecule has 1 aliphatic heterocycles. The van der Waals surface area contributed by atoms with Crippen molar-refractivity contribution in [2.45, 2.75) is 17.7 Å². The number of methoxy groups -OCH3 is 2. The van der Waals surface area contributed by atoms with E-state index in [9.17, 15) is 13.2 Å². The second-order valence-corrected chi connectivity index (χ2v) is 8.07. The third-order valence-electron chi connectivity index (χ3n) is 4.45. The van der Waals surface area contributed by atoms with Gasteiger partial charge < -0.3 is 14.8 Å². The lowest BCUT2D eigenvalue weighted by Gasteiger charge is -2.16. The van der Waals surface area contributed by atoms with E-state index in [1.54, 1.807) is 30.3 Å². The zero-order valence-corrected chi connectivity index (χ0v) is 16.1. The number of carbonyl (C=O) groups is 1. The first-order chi connectivity index (χ1) is 13.0. The van der Waals surface area contributed by atoms with Crippen molar-refractivity contribution in [1.29, 1.82) is 0 Å². The molecule has 0 radical (unpaired) electrons. The number of ether oxygens (including phenoxy) is 2. The maximum Gasteiger partial charge on any atom is 0.263 e. The van der Waals surface area contributed by atoms with Crippen LogP contribution >= 0.6 is 0 Å². The van der Waals surface area contributed by atoms with Crippen LogP contribution in [0.1, 0.15) is 23.2 Å². The van der Waals surface area contributed by atoms with Crippen LogP contribution in [0.4, 0.5) is 5.69 Å². The molecule has 1 amide bonds. The van der Waals surface area contributed by atoms with Crippen LogP contribution < -0.4 is 14.8 Å². The van der Waals surface area contributed by atoms with Gasteiger partial charge in [-0.2, -0.15) is 4.31 Å². The van der Waals surface area contributed by atoms with Crippen molar-refractivity contribution in [1.82, 2.24) is 4.31 Å². The fourth-order valence-electron chi connectivity index (χ4n) is 3.08. The van der Waals surface area contributed by atoms with Crippen molar-refractivity contribution in [3.05, 3.63) is 48.0 Å². The topological polar surface area (TPSA) is 84.9 Å². The van der Waals surface area contributed by atoms with Gasteiger partial charge in [0.1, 0.15) is 17.1 Å². The number of hydrogen-bond donors (Lipinski definition) is 1. The molecule has 1 saturated heterocycles. The highest BCUT2D eigenvalue weighted by molar-refractivity contribution is 7.89. The Hall–Kier alpha value is -2.58. The maximum atomic E-state index is 12.8. The molecule has 0 atom stereocenters. The summed E-state index contributed by atoms with van der Waals surface area (Å²) in [6.07, 6.45) is 1.73. The van der Waals surface area contributed by atoms with Gasteiger partial charge in [0.05, 0.1) is 19.1 Å².